The summed E-state index contributed by atoms with van der Waals surface area (Å²) in [7, 11) is -2.48. The smallest absolute Gasteiger partial charge is 0.244 e. The molecule has 0 aliphatic carbocycles. The molecule has 0 aliphatic heterocycles. The average molecular weight is 586 g/mol. The van der Waals surface area contributed by atoms with Crippen LogP contribution in [0.4, 0.5) is 5.69 Å². The van der Waals surface area contributed by atoms with Gasteiger partial charge in [0.15, 0.2) is 0 Å². The van der Waals surface area contributed by atoms with Crippen molar-refractivity contribution in [2.24, 2.45) is 0 Å². The molecule has 40 heavy (non-hydrogen) atoms. The van der Waals surface area contributed by atoms with Crippen molar-refractivity contribution in [3.8, 4) is 5.75 Å². The van der Waals surface area contributed by atoms with Crippen LogP contribution in [0.2, 0.25) is 5.02 Å². The normalized spacial score (nSPS) is 12.7. The lowest BCUT2D eigenvalue weighted by molar-refractivity contribution is -0.140. The molecule has 2 atom stereocenters. The van der Waals surface area contributed by atoms with Crippen molar-refractivity contribution < 1.29 is 22.7 Å². The molecular formula is C30H36ClN3O5S. The van der Waals surface area contributed by atoms with Crippen molar-refractivity contribution >= 4 is 39.1 Å². The minimum Gasteiger partial charge on any atom is -0.495 e. The van der Waals surface area contributed by atoms with Crippen LogP contribution in [0.15, 0.2) is 78.9 Å². The minimum atomic E-state index is -3.91. The van der Waals surface area contributed by atoms with E-state index >= 15 is 0 Å². The number of methoxy groups -OCH3 is 1. The molecule has 3 aromatic rings. The molecule has 0 saturated heterocycles. The lowest BCUT2D eigenvalue weighted by atomic mass is 10.0. The Morgan fingerprint density at radius 3 is 2.23 bits per heavy atom. The summed E-state index contributed by atoms with van der Waals surface area (Å²) in [5, 5.41) is 3.44. The zero-order valence-electron chi connectivity index (χ0n) is 23.2. The van der Waals surface area contributed by atoms with E-state index in [2.05, 4.69) is 5.32 Å². The molecule has 0 radical (unpaired) electrons. The molecule has 3 rings (SSSR count). The fraction of sp³-hybridized carbons (Fsp3) is 0.333. The monoisotopic (exact) mass is 585 g/mol. The Kier molecular flexibility index (Phi) is 11.0. The summed E-state index contributed by atoms with van der Waals surface area (Å²) in [6.45, 7) is 3.32. The van der Waals surface area contributed by atoms with Crippen molar-refractivity contribution in [3.05, 3.63) is 95.0 Å². The molecule has 3 aromatic carbocycles. The minimum absolute atomic E-state index is 0.00740. The maximum Gasteiger partial charge on any atom is 0.244 e. The summed E-state index contributed by atoms with van der Waals surface area (Å²) in [6.07, 6.45) is 1.97. The molecule has 0 saturated carbocycles. The fourth-order valence-electron chi connectivity index (χ4n) is 4.24. The molecular weight excluding hydrogens is 550 g/mol. The molecule has 0 heterocycles. The summed E-state index contributed by atoms with van der Waals surface area (Å²) >= 11 is 6.48. The Balaban J connectivity index is 2.09. The van der Waals surface area contributed by atoms with Gasteiger partial charge in [-0.05, 0) is 42.7 Å². The summed E-state index contributed by atoms with van der Waals surface area (Å²) in [6, 6.07) is 22.0. The molecule has 214 valence electrons. The third kappa shape index (κ3) is 8.22. The molecule has 1 N–H and O–H groups in total. The first-order valence-corrected chi connectivity index (χ1v) is 15.3. The van der Waals surface area contributed by atoms with Crippen molar-refractivity contribution in [3.63, 3.8) is 0 Å². The van der Waals surface area contributed by atoms with E-state index in [0.717, 1.165) is 16.1 Å². The third-order valence-corrected chi connectivity index (χ3v) is 8.10. The maximum absolute atomic E-state index is 14.1. The average Bonchev–Trinajstić information content (AvgIpc) is 2.94. The van der Waals surface area contributed by atoms with E-state index in [-0.39, 0.29) is 30.6 Å². The van der Waals surface area contributed by atoms with Crippen LogP contribution in [0.1, 0.15) is 31.4 Å². The van der Waals surface area contributed by atoms with Crippen LogP contribution in [0.3, 0.4) is 0 Å². The number of amides is 2. The van der Waals surface area contributed by atoms with Crippen molar-refractivity contribution in [1.29, 1.82) is 0 Å². The van der Waals surface area contributed by atoms with E-state index in [0.29, 0.717) is 22.8 Å². The summed E-state index contributed by atoms with van der Waals surface area (Å²) < 4.78 is 32.3. The first-order valence-electron chi connectivity index (χ1n) is 13.0. The van der Waals surface area contributed by atoms with Crippen LogP contribution < -0.4 is 14.4 Å². The molecule has 0 aliphatic rings. The van der Waals surface area contributed by atoms with Crippen LogP contribution in [-0.4, -0.2) is 57.1 Å². The number of benzene rings is 3. The number of anilines is 1. The number of carbonyl (C=O) groups is 2. The zero-order chi connectivity index (χ0) is 29.3. The van der Waals surface area contributed by atoms with Crippen molar-refractivity contribution in [2.45, 2.75) is 45.3 Å². The second-order valence-corrected chi connectivity index (χ2v) is 11.9. The molecule has 0 bridgehead atoms. The number of ether oxygens (including phenoxy) is 1. The number of hydrogen-bond acceptors (Lipinski definition) is 5. The van der Waals surface area contributed by atoms with E-state index in [1.54, 1.807) is 48.5 Å². The van der Waals surface area contributed by atoms with Gasteiger partial charge in [0.25, 0.3) is 0 Å². The van der Waals surface area contributed by atoms with Crippen molar-refractivity contribution in [2.75, 3.05) is 24.2 Å². The van der Waals surface area contributed by atoms with Crippen molar-refractivity contribution in [1.82, 2.24) is 10.2 Å². The molecule has 10 heteroatoms. The van der Waals surface area contributed by atoms with Gasteiger partial charge in [-0.1, -0.05) is 79.2 Å². The highest BCUT2D eigenvalue weighted by Gasteiger charge is 2.34. The molecule has 0 unspecified atom stereocenters. The number of halogens is 1. The Morgan fingerprint density at radius 1 is 0.975 bits per heavy atom. The van der Waals surface area contributed by atoms with Gasteiger partial charge in [0.05, 0.1) is 19.1 Å². The van der Waals surface area contributed by atoms with Gasteiger partial charge >= 0.3 is 0 Å². The first-order chi connectivity index (χ1) is 19.0. The van der Waals surface area contributed by atoms with Gasteiger partial charge in [0, 0.05) is 24.0 Å². The second kappa shape index (κ2) is 14.2. The quantitative estimate of drug-likeness (QED) is 0.314. The van der Waals surface area contributed by atoms with Crippen LogP contribution in [0.25, 0.3) is 0 Å². The zero-order valence-corrected chi connectivity index (χ0v) is 24.8. The molecule has 0 aromatic heterocycles. The number of para-hydroxylation sites is 2. The van der Waals surface area contributed by atoms with Gasteiger partial charge in [0.1, 0.15) is 18.3 Å². The van der Waals surface area contributed by atoms with Gasteiger partial charge in [-0.25, -0.2) is 8.42 Å². The Bertz CT molecular complexity index is 1400. The summed E-state index contributed by atoms with van der Waals surface area (Å²) in [4.78, 5) is 29.3. The van der Waals surface area contributed by atoms with Crippen LogP contribution in [0, 0.1) is 0 Å². The number of hydrogen-bond donors (Lipinski definition) is 1. The molecule has 0 spiro atoms. The van der Waals surface area contributed by atoms with E-state index in [1.165, 1.54) is 12.0 Å². The first kappa shape index (κ1) is 31.0. The van der Waals surface area contributed by atoms with E-state index in [9.17, 15) is 18.0 Å². The van der Waals surface area contributed by atoms with E-state index < -0.39 is 28.5 Å². The fourth-order valence-corrected chi connectivity index (χ4v) is 5.28. The van der Waals surface area contributed by atoms with Gasteiger partial charge in [-0.15, -0.1) is 0 Å². The highest BCUT2D eigenvalue weighted by atomic mass is 35.5. The predicted molar refractivity (Wildman–Crippen MR) is 159 cm³/mol. The van der Waals surface area contributed by atoms with E-state index in [1.807, 2.05) is 44.2 Å². The Hall–Kier alpha value is -3.56. The number of nitrogens with one attached hydrogen (secondary N) is 1. The molecule has 2 amide bonds. The standard InChI is InChI=1S/C30H36ClN3O5S/c1-5-22(2)32-30(36)27(19-23-13-7-6-8-14-23)33(20-24-15-9-10-16-25(24)31)29(35)21-34(40(4,37)38)26-17-11-12-18-28(26)39-3/h6-18,22,27H,5,19-21H2,1-4H3,(H,32,36)/t22-,27+/m1/s1. The van der Waals surface area contributed by atoms with Gasteiger partial charge in [-0.2, -0.15) is 0 Å². The largest absolute Gasteiger partial charge is 0.495 e. The molecule has 8 nitrogen and oxygen atoms in total. The summed E-state index contributed by atoms with van der Waals surface area (Å²) in [5.41, 5.74) is 1.71. The highest BCUT2D eigenvalue weighted by molar-refractivity contribution is 7.92. The summed E-state index contributed by atoms with van der Waals surface area (Å²) in [5.74, 6) is -0.591. The van der Waals surface area contributed by atoms with Gasteiger partial charge in [-0.3, -0.25) is 13.9 Å². The number of sulfonamides is 1. The number of carbonyl (C=O) groups excluding carboxylic acids is 2. The van der Waals surface area contributed by atoms with Crippen LogP contribution in [0.5, 0.6) is 5.75 Å². The highest BCUT2D eigenvalue weighted by Crippen LogP contribution is 2.30. The lowest BCUT2D eigenvalue weighted by Gasteiger charge is -2.34. The predicted octanol–water partition coefficient (Wildman–Crippen LogP) is 4.67. The van der Waals surface area contributed by atoms with Gasteiger partial charge in [0.2, 0.25) is 21.8 Å². The SMILES string of the molecule is CC[C@@H](C)NC(=O)[C@H](Cc1ccccc1)N(Cc1ccccc1Cl)C(=O)CN(c1ccccc1OC)S(C)(=O)=O. The second-order valence-electron chi connectivity index (χ2n) is 9.58. The Labute approximate surface area is 241 Å². The number of nitrogens with zero attached hydrogens (tertiary/aromatic N) is 2. The van der Waals surface area contributed by atoms with Crippen LogP contribution >= 0.6 is 11.6 Å². The molecule has 0 fully saturated rings. The topological polar surface area (TPSA) is 96.0 Å². The third-order valence-electron chi connectivity index (χ3n) is 6.60. The van der Waals surface area contributed by atoms with Crippen LogP contribution in [-0.2, 0) is 32.6 Å². The van der Waals surface area contributed by atoms with E-state index in [4.69, 9.17) is 16.3 Å². The Morgan fingerprint density at radius 2 is 1.60 bits per heavy atom. The number of rotatable bonds is 13. The lowest BCUT2D eigenvalue weighted by Crippen LogP contribution is -2.54. The maximum atomic E-state index is 14.1. The van der Waals surface area contributed by atoms with Gasteiger partial charge < -0.3 is 15.0 Å².